The largest absolute Gasteiger partial charge is 0.495 e. The van der Waals surface area contributed by atoms with Crippen molar-refractivity contribution < 1.29 is 27.5 Å². The lowest BCUT2D eigenvalue weighted by Crippen LogP contribution is -2.30. The van der Waals surface area contributed by atoms with E-state index in [4.69, 9.17) is 14.7 Å². The van der Waals surface area contributed by atoms with E-state index >= 15 is 0 Å². The van der Waals surface area contributed by atoms with Crippen LogP contribution in [0, 0.1) is 11.3 Å². The van der Waals surface area contributed by atoms with Crippen LogP contribution in [0.2, 0.25) is 0 Å². The highest BCUT2D eigenvalue weighted by molar-refractivity contribution is 7.89. The van der Waals surface area contributed by atoms with Crippen LogP contribution in [0.4, 0.5) is 5.69 Å². The van der Waals surface area contributed by atoms with E-state index in [1.807, 2.05) is 6.07 Å². The Morgan fingerprint density at radius 2 is 1.88 bits per heavy atom. The quantitative estimate of drug-likeness (QED) is 0.633. The molecule has 1 N–H and O–H groups in total. The Bertz CT molecular complexity index is 1170. The lowest BCUT2D eigenvalue weighted by molar-refractivity contribution is -0.123. The lowest BCUT2D eigenvalue weighted by atomic mass is 10.2. The number of nitriles is 1. The maximum Gasteiger partial charge on any atom is 0.338 e. The molecular formula is C22H23N3O6S. The highest BCUT2D eigenvalue weighted by Crippen LogP contribution is 2.30. The number of hydrogen-bond donors (Lipinski definition) is 1. The van der Waals surface area contributed by atoms with Crippen molar-refractivity contribution in [3.63, 3.8) is 0 Å². The fourth-order valence-corrected chi connectivity index (χ4v) is 4.96. The Kier molecular flexibility index (Phi) is 7.12. The van der Waals surface area contributed by atoms with Gasteiger partial charge in [-0.1, -0.05) is 6.07 Å². The van der Waals surface area contributed by atoms with Gasteiger partial charge in [-0.05, 0) is 56.2 Å². The maximum absolute atomic E-state index is 13.0. The fraction of sp³-hybridized carbons (Fsp3) is 0.318. The van der Waals surface area contributed by atoms with Gasteiger partial charge in [0, 0.05) is 18.8 Å². The third-order valence-electron chi connectivity index (χ3n) is 4.99. The number of amides is 1. The van der Waals surface area contributed by atoms with Crippen molar-refractivity contribution in [2.24, 2.45) is 0 Å². The molecule has 0 radical (unpaired) electrons. The summed E-state index contributed by atoms with van der Waals surface area (Å²) < 4.78 is 37.7. The second-order valence-electron chi connectivity index (χ2n) is 7.21. The standard InChI is InChI=1S/C22H23N3O6S/c1-15(21(26)24-18-7-5-6-16(12-18)14-23)31-22(27)17-8-9-19(30-2)20(13-17)32(28,29)25-10-3-4-11-25/h5-9,12-13,15H,3-4,10-11H2,1-2H3,(H,24,26). The summed E-state index contributed by atoms with van der Waals surface area (Å²) in [7, 11) is -2.48. The van der Waals surface area contributed by atoms with E-state index in [9.17, 15) is 18.0 Å². The van der Waals surface area contributed by atoms with Gasteiger partial charge < -0.3 is 14.8 Å². The zero-order chi connectivity index (χ0) is 23.3. The van der Waals surface area contributed by atoms with Gasteiger partial charge in [0.2, 0.25) is 10.0 Å². The van der Waals surface area contributed by atoms with Crippen molar-refractivity contribution in [3.05, 3.63) is 53.6 Å². The second-order valence-corrected chi connectivity index (χ2v) is 9.11. The maximum atomic E-state index is 13.0. The molecule has 0 bridgehead atoms. The minimum absolute atomic E-state index is 0.0188. The summed E-state index contributed by atoms with van der Waals surface area (Å²) in [6.45, 7) is 2.21. The molecule has 32 heavy (non-hydrogen) atoms. The molecule has 2 aromatic carbocycles. The fourth-order valence-electron chi connectivity index (χ4n) is 3.27. The van der Waals surface area contributed by atoms with Gasteiger partial charge in [-0.15, -0.1) is 0 Å². The minimum Gasteiger partial charge on any atom is -0.495 e. The molecule has 1 saturated heterocycles. The molecule has 10 heteroatoms. The number of anilines is 1. The van der Waals surface area contributed by atoms with Crippen LogP contribution in [0.1, 0.15) is 35.7 Å². The molecule has 9 nitrogen and oxygen atoms in total. The van der Waals surface area contributed by atoms with Crippen molar-refractivity contribution in [1.29, 1.82) is 5.26 Å². The number of esters is 1. The monoisotopic (exact) mass is 457 g/mol. The molecule has 2 aromatic rings. The molecule has 0 aromatic heterocycles. The zero-order valence-corrected chi connectivity index (χ0v) is 18.5. The molecule has 0 spiro atoms. The van der Waals surface area contributed by atoms with Crippen LogP contribution in [0.5, 0.6) is 5.75 Å². The Labute approximate surface area is 186 Å². The van der Waals surface area contributed by atoms with E-state index in [1.54, 1.807) is 18.2 Å². The zero-order valence-electron chi connectivity index (χ0n) is 17.7. The van der Waals surface area contributed by atoms with E-state index in [0.29, 0.717) is 24.3 Å². The topological polar surface area (TPSA) is 126 Å². The van der Waals surface area contributed by atoms with E-state index in [-0.39, 0.29) is 16.2 Å². The van der Waals surface area contributed by atoms with Gasteiger partial charge in [-0.2, -0.15) is 9.57 Å². The lowest BCUT2D eigenvalue weighted by Gasteiger charge is -2.18. The van der Waals surface area contributed by atoms with Crippen LogP contribution in [-0.2, 0) is 19.6 Å². The minimum atomic E-state index is -3.83. The number of carbonyl (C=O) groups is 2. The molecule has 1 amide bonds. The highest BCUT2D eigenvalue weighted by atomic mass is 32.2. The Balaban J connectivity index is 1.75. The number of carbonyl (C=O) groups excluding carboxylic acids is 2. The number of ether oxygens (including phenoxy) is 2. The summed E-state index contributed by atoms with van der Waals surface area (Å²) in [6.07, 6.45) is 0.384. The van der Waals surface area contributed by atoms with Crippen LogP contribution in [0.25, 0.3) is 0 Å². The summed E-state index contributed by atoms with van der Waals surface area (Å²) in [6, 6.07) is 12.2. The van der Waals surface area contributed by atoms with E-state index in [0.717, 1.165) is 12.8 Å². The molecule has 0 aliphatic carbocycles. The normalized spacial score (nSPS) is 14.9. The van der Waals surface area contributed by atoms with Crippen molar-refractivity contribution in [3.8, 4) is 11.8 Å². The Morgan fingerprint density at radius 3 is 2.53 bits per heavy atom. The van der Waals surface area contributed by atoms with Crippen molar-refractivity contribution in [1.82, 2.24) is 4.31 Å². The summed E-state index contributed by atoms with van der Waals surface area (Å²) in [5.41, 5.74) is 0.743. The molecule has 1 atom stereocenters. The first kappa shape index (κ1) is 23.2. The Hall–Kier alpha value is -3.42. The van der Waals surface area contributed by atoms with Gasteiger partial charge in [-0.25, -0.2) is 13.2 Å². The number of rotatable bonds is 7. The molecule has 168 valence electrons. The van der Waals surface area contributed by atoms with Gasteiger partial charge in [0.05, 0.1) is 24.3 Å². The molecular weight excluding hydrogens is 434 g/mol. The third kappa shape index (κ3) is 5.07. The van der Waals surface area contributed by atoms with Gasteiger partial charge in [-0.3, -0.25) is 4.79 Å². The summed E-state index contributed by atoms with van der Waals surface area (Å²) in [5, 5.41) is 11.5. The average Bonchev–Trinajstić information content (AvgIpc) is 3.34. The number of nitrogens with one attached hydrogen (secondary N) is 1. The first-order chi connectivity index (χ1) is 15.3. The van der Waals surface area contributed by atoms with Crippen LogP contribution < -0.4 is 10.1 Å². The number of benzene rings is 2. The van der Waals surface area contributed by atoms with Gasteiger partial charge in [0.25, 0.3) is 5.91 Å². The van der Waals surface area contributed by atoms with Gasteiger partial charge >= 0.3 is 5.97 Å². The van der Waals surface area contributed by atoms with Crippen molar-refractivity contribution >= 4 is 27.6 Å². The molecule has 1 aliphatic rings. The third-order valence-corrected chi connectivity index (χ3v) is 6.91. The molecule has 1 unspecified atom stereocenters. The predicted octanol–water partition coefficient (Wildman–Crippen LogP) is 2.54. The number of nitrogens with zero attached hydrogens (tertiary/aromatic N) is 2. The summed E-state index contributed by atoms with van der Waals surface area (Å²) in [4.78, 5) is 24.9. The van der Waals surface area contributed by atoms with E-state index in [1.165, 1.54) is 42.6 Å². The van der Waals surface area contributed by atoms with Crippen molar-refractivity contribution in [2.45, 2.75) is 30.8 Å². The predicted molar refractivity (Wildman–Crippen MR) is 116 cm³/mol. The molecule has 0 saturated carbocycles. The Morgan fingerprint density at radius 1 is 1.16 bits per heavy atom. The van der Waals surface area contributed by atoms with Crippen LogP contribution in [0.3, 0.4) is 0 Å². The molecule has 1 aliphatic heterocycles. The average molecular weight is 458 g/mol. The smallest absolute Gasteiger partial charge is 0.338 e. The van der Waals surface area contributed by atoms with Crippen LogP contribution in [-0.4, -0.2) is 50.9 Å². The number of sulfonamides is 1. The van der Waals surface area contributed by atoms with E-state index in [2.05, 4.69) is 5.32 Å². The van der Waals surface area contributed by atoms with Crippen molar-refractivity contribution in [2.75, 3.05) is 25.5 Å². The van der Waals surface area contributed by atoms with E-state index < -0.39 is 28.0 Å². The highest BCUT2D eigenvalue weighted by Gasteiger charge is 2.31. The summed E-state index contributed by atoms with van der Waals surface area (Å²) >= 11 is 0. The number of hydrogen-bond acceptors (Lipinski definition) is 7. The number of methoxy groups -OCH3 is 1. The van der Waals surface area contributed by atoms with Gasteiger partial charge in [0.1, 0.15) is 10.6 Å². The summed E-state index contributed by atoms with van der Waals surface area (Å²) in [5.74, 6) is -1.32. The molecule has 1 fully saturated rings. The molecule has 1 heterocycles. The van der Waals surface area contributed by atoms with Crippen LogP contribution in [0.15, 0.2) is 47.4 Å². The van der Waals surface area contributed by atoms with Crippen LogP contribution >= 0.6 is 0 Å². The first-order valence-corrected chi connectivity index (χ1v) is 11.4. The SMILES string of the molecule is COc1ccc(C(=O)OC(C)C(=O)Nc2cccc(C#N)c2)cc1S(=O)(=O)N1CCCC1. The molecule has 3 rings (SSSR count). The van der Waals surface area contributed by atoms with Gasteiger partial charge in [0.15, 0.2) is 6.10 Å². The second kappa shape index (κ2) is 9.80. The first-order valence-electron chi connectivity index (χ1n) is 9.96.